The lowest BCUT2D eigenvalue weighted by Gasteiger charge is -2.21. The Morgan fingerprint density at radius 1 is 1.00 bits per heavy atom. The maximum absolute atomic E-state index is 11.5. The average molecular weight is 194 g/mol. The third-order valence-electron chi connectivity index (χ3n) is 0.988. The van der Waals surface area contributed by atoms with Gasteiger partial charge in [0, 0.05) is 0 Å². The van der Waals surface area contributed by atoms with E-state index >= 15 is 0 Å². The molecule has 0 aliphatic rings. The summed E-state index contributed by atoms with van der Waals surface area (Å²) in [6.45, 7) is 2.20. The third kappa shape index (κ3) is 2.63. The van der Waals surface area contributed by atoms with Gasteiger partial charge in [0.05, 0.1) is 0 Å². The van der Waals surface area contributed by atoms with E-state index in [2.05, 4.69) is 6.58 Å². The highest BCUT2D eigenvalue weighted by molar-refractivity contribution is 4.97. The molecule has 0 rings (SSSR count). The van der Waals surface area contributed by atoms with E-state index in [4.69, 9.17) is 5.11 Å². The zero-order valence-electron chi connectivity index (χ0n) is 5.50. The topological polar surface area (TPSA) is 20.2 Å². The fourth-order valence-corrected chi connectivity index (χ4v) is 0.563. The van der Waals surface area contributed by atoms with Crippen LogP contribution >= 0.6 is 0 Å². The molecule has 0 aromatic carbocycles. The highest BCUT2D eigenvalue weighted by Gasteiger charge is 2.58. The summed E-state index contributed by atoms with van der Waals surface area (Å²) < 4.78 is 69.2. The molecule has 1 N–H and O–H groups in total. The predicted molar refractivity (Wildman–Crippen MR) is 27.4 cm³/mol. The lowest BCUT2D eigenvalue weighted by Crippen LogP contribution is -2.37. The lowest BCUT2D eigenvalue weighted by molar-refractivity contribution is -0.278. The van der Waals surface area contributed by atoms with Gasteiger partial charge in [-0.15, -0.1) is 0 Å². The summed E-state index contributed by atoms with van der Waals surface area (Å²) in [6.07, 6.45) is -11.1. The second-order valence-electron chi connectivity index (χ2n) is 2.01. The van der Waals surface area contributed by atoms with Gasteiger partial charge in [0.25, 0.3) is 0 Å². The van der Waals surface area contributed by atoms with Crippen molar-refractivity contribution in [2.24, 2.45) is 5.92 Å². The molecule has 0 aromatic rings. The summed E-state index contributed by atoms with van der Waals surface area (Å²) in [5, 5.41) is 8.05. The third-order valence-corrected chi connectivity index (χ3v) is 0.988. The van der Waals surface area contributed by atoms with E-state index < -0.39 is 24.0 Å². The second kappa shape index (κ2) is 2.87. The summed E-state index contributed by atoms with van der Waals surface area (Å²) in [6, 6.07) is 0. The van der Waals surface area contributed by atoms with Crippen molar-refractivity contribution in [3.63, 3.8) is 0 Å². The van der Waals surface area contributed by atoms with Crippen LogP contribution in [0.25, 0.3) is 0 Å². The van der Waals surface area contributed by atoms with Crippen LogP contribution in [0.2, 0.25) is 0 Å². The van der Waals surface area contributed by atoms with E-state index in [9.17, 15) is 26.3 Å². The average Bonchev–Trinajstić information content (AvgIpc) is 1.49. The van der Waals surface area contributed by atoms with Crippen LogP contribution in [-0.2, 0) is 0 Å². The van der Waals surface area contributed by atoms with E-state index in [1.807, 2.05) is 0 Å². The summed E-state index contributed by atoms with van der Waals surface area (Å²) >= 11 is 0. The molecule has 0 aliphatic carbocycles. The van der Waals surface area contributed by atoms with E-state index in [0.29, 0.717) is 0 Å². The molecule has 0 atom stereocenters. The minimum absolute atomic E-state index is 1.95. The molecule has 0 saturated heterocycles. The maximum Gasteiger partial charge on any atom is 0.407 e. The van der Waals surface area contributed by atoms with Gasteiger partial charge in [0.15, 0.2) is 0 Å². The number of halogens is 6. The van der Waals surface area contributed by atoms with Crippen LogP contribution in [0.5, 0.6) is 0 Å². The molecule has 12 heavy (non-hydrogen) atoms. The molecule has 72 valence electrons. The Bertz CT molecular complexity index is 163. The van der Waals surface area contributed by atoms with Crippen LogP contribution in [0.15, 0.2) is 12.3 Å². The highest BCUT2D eigenvalue weighted by atomic mass is 19.4. The van der Waals surface area contributed by atoms with Crippen LogP contribution in [-0.4, -0.2) is 17.5 Å². The van der Waals surface area contributed by atoms with E-state index in [-0.39, 0.29) is 0 Å². The zero-order valence-corrected chi connectivity index (χ0v) is 5.50. The first kappa shape index (κ1) is 11.1. The zero-order chi connectivity index (χ0) is 10.2. The predicted octanol–water partition coefficient (Wildman–Crippen LogP) is 2.80. The first-order chi connectivity index (χ1) is 5.07. The molecule has 0 saturated carbocycles. The first-order valence-corrected chi connectivity index (χ1v) is 2.58. The molecular formula is C5H4F6O. The lowest BCUT2D eigenvalue weighted by atomic mass is 10.1. The van der Waals surface area contributed by atoms with Crippen LogP contribution in [0, 0.1) is 5.92 Å². The number of hydrogen-bond donors (Lipinski definition) is 1. The van der Waals surface area contributed by atoms with Gasteiger partial charge in [-0.2, -0.15) is 26.3 Å². The minimum Gasteiger partial charge on any atom is -0.512 e. The van der Waals surface area contributed by atoms with Crippen LogP contribution in [0.4, 0.5) is 26.3 Å². The van der Waals surface area contributed by atoms with Crippen molar-refractivity contribution in [1.82, 2.24) is 0 Å². The quantitative estimate of drug-likeness (QED) is 0.502. The molecule has 7 heteroatoms. The largest absolute Gasteiger partial charge is 0.512 e. The van der Waals surface area contributed by atoms with Crippen molar-refractivity contribution in [1.29, 1.82) is 0 Å². The molecule has 0 bridgehead atoms. The standard InChI is InChI=1S/C5H4F6O/c1-2(12)3(4(6,7)8)5(9,10)11/h3,12H,1H2. The van der Waals surface area contributed by atoms with Crippen molar-refractivity contribution in [3.8, 4) is 0 Å². The van der Waals surface area contributed by atoms with E-state index in [1.165, 1.54) is 0 Å². The number of rotatable bonds is 1. The van der Waals surface area contributed by atoms with Gasteiger partial charge in [0.1, 0.15) is 5.76 Å². The normalized spacial score (nSPS) is 13.6. The van der Waals surface area contributed by atoms with Crippen molar-refractivity contribution >= 4 is 0 Å². The van der Waals surface area contributed by atoms with Gasteiger partial charge < -0.3 is 5.11 Å². The Hall–Kier alpha value is -0.880. The molecule has 0 fully saturated rings. The number of aliphatic hydroxyl groups excluding tert-OH is 1. The Kier molecular flexibility index (Phi) is 2.66. The Balaban J connectivity index is 4.82. The van der Waals surface area contributed by atoms with Crippen LogP contribution in [0.3, 0.4) is 0 Å². The minimum atomic E-state index is -5.55. The molecule has 0 aliphatic heterocycles. The maximum atomic E-state index is 11.5. The van der Waals surface area contributed by atoms with Gasteiger partial charge in [-0.3, -0.25) is 0 Å². The number of aliphatic hydroxyl groups is 1. The molecule has 0 radical (unpaired) electrons. The van der Waals surface area contributed by atoms with Gasteiger partial charge in [0.2, 0.25) is 5.92 Å². The second-order valence-corrected chi connectivity index (χ2v) is 2.01. The fourth-order valence-electron chi connectivity index (χ4n) is 0.563. The molecule has 0 amide bonds. The Morgan fingerprint density at radius 2 is 1.25 bits per heavy atom. The first-order valence-electron chi connectivity index (χ1n) is 2.58. The molecule has 0 unspecified atom stereocenters. The highest BCUT2D eigenvalue weighted by Crippen LogP contribution is 2.42. The van der Waals surface area contributed by atoms with Crippen molar-refractivity contribution in [3.05, 3.63) is 12.3 Å². The number of allylic oxidation sites excluding steroid dienone is 1. The fraction of sp³-hybridized carbons (Fsp3) is 0.600. The van der Waals surface area contributed by atoms with Crippen LogP contribution in [0.1, 0.15) is 0 Å². The molecule has 0 spiro atoms. The summed E-state index contributed by atoms with van der Waals surface area (Å²) in [7, 11) is 0. The number of alkyl halides is 6. The van der Waals surface area contributed by atoms with Crippen molar-refractivity contribution in [2.75, 3.05) is 0 Å². The van der Waals surface area contributed by atoms with E-state index in [1.54, 1.807) is 0 Å². The molecule has 0 aromatic heterocycles. The van der Waals surface area contributed by atoms with Gasteiger partial charge >= 0.3 is 12.4 Å². The number of hydrogen-bond acceptors (Lipinski definition) is 1. The smallest absolute Gasteiger partial charge is 0.407 e. The SMILES string of the molecule is C=C(O)C(C(F)(F)F)C(F)(F)F. The summed E-state index contributed by atoms with van der Waals surface area (Å²) in [4.78, 5) is 0. The Labute approximate surface area is 63.3 Å². The van der Waals surface area contributed by atoms with Crippen molar-refractivity contribution in [2.45, 2.75) is 12.4 Å². The van der Waals surface area contributed by atoms with E-state index in [0.717, 1.165) is 0 Å². The Morgan fingerprint density at radius 3 is 1.25 bits per heavy atom. The summed E-state index contributed by atoms with van der Waals surface area (Å²) in [5.41, 5.74) is 0. The molecule has 0 heterocycles. The molecular weight excluding hydrogens is 190 g/mol. The molecule has 1 nitrogen and oxygen atoms in total. The van der Waals surface area contributed by atoms with Gasteiger partial charge in [-0.05, 0) is 0 Å². The van der Waals surface area contributed by atoms with Gasteiger partial charge in [-0.25, -0.2) is 0 Å². The summed E-state index contributed by atoms with van der Waals surface area (Å²) in [5.74, 6) is -5.81. The monoisotopic (exact) mass is 194 g/mol. The van der Waals surface area contributed by atoms with Crippen molar-refractivity contribution < 1.29 is 31.4 Å². The van der Waals surface area contributed by atoms with Crippen LogP contribution < -0.4 is 0 Å². The van der Waals surface area contributed by atoms with Gasteiger partial charge in [-0.1, -0.05) is 6.58 Å².